The topological polar surface area (TPSA) is 102 Å². The van der Waals surface area contributed by atoms with Crippen molar-refractivity contribution in [1.82, 2.24) is 20.1 Å². The Balaban J connectivity index is 1.36. The molecule has 0 unspecified atom stereocenters. The molecule has 0 aliphatic heterocycles. The van der Waals surface area contributed by atoms with Gasteiger partial charge >= 0.3 is 0 Å². The molecule has 0 radical (unpaired) electrons. The second-order valence-electron chi connectivity index (χ2n) is 6.89. The van der Waals surface area contributed by atoms with E-state index in [9.17, 15) is 9.59 Å². The first kappa shape index (κ1) is 21.4. The summed E-state index contributed by atoms with van der Waals surface area (Å²) in [6.45, 7) is 0.405. The molecule has 162 valence electrons. The van der Waals surface area contributed by atoms with E-state index in [4.69, 9.17) is 4.42 Å². The number of hydrogen-bond donors (Lipinski definition) is 2. The van der Waals surface area contributed by atoms with Crippen LogP contribution in [0.4, 0.5) is 5.69 Å². The predicted molar refractivity (Wildman–Crippen MR) is 122 cm³/mol. The van der Waals surface area contributed by atoms with Crippen LogP contribution in [0.5, 0.6) is 0 Å². The van der Waals surface area contributed by atoms with Gasteiger partial charge in [-0.3, -0.25) is 9.59 Å². The molecule has 0 atom stereocenters. The van der Waals surface area contributed by atoms with E-state index in [0.717, 1.165) is 5.56 Å². The molecule has 0 aliphatic carbocycles. The van der Waals surface area contributed by atoms with Crippen molar-refractivity contribution in [3.8, 4) is 11.6 Å². The van der Waals surface area contributed by atoms with E-state index in [1.165, 1.54) is 11.8 Å². The van der Waals surface area contributed by atoms with Gasteiger partial charge in [0.1, 0.15) is 0 Å². The van der Waals surface area contributed by atoms with E-state index in [0.29, 0.717) is 34.5 Å². The molecule has 2 amide bonds. The highest BCUT2D eigenvalue weighted by molar-refractivity contribution is 7.99. The predicted octanol–water partition coefficient (Wildman–Crippen LogP) is 3.74. The summed E-state index contributed by atoms with van der Waals surface area (Å²) in [5.74, 6) is 0.795. The molecule has 2 heterocycles. The summed E-state index contributed by atoms with van der Waals surface area (Å²) in [4.78, 5) is 25.2. The van der Waals surface area contributed by atoms with Crippen LogP contribution in [0.2, 0.25) is 0 Å². The molecule has 2 aromatic heterocycles. The molecule has 0 saturated carbocycles. The summed E-state index contributed by atoms with van der Waals surface area (Å²) in [5.41, 5.74) is 1.86. The standard InChI is InChI=1S/C23H21N5O3S/c1-28-21(19-12-7-13-31-19)26-27-23(28)32-15-20(29)25-18-11-6-5-10-17(18)22(30)24-14-16-8-3-2-4-9-16/h2-13H,14-15H2,1H3,(H,24,30)(H,25,29). The SMILES string of the molecule is Cn1c(SCC(=O)Nc2ccccc2C(=O)NCc2ccccc2)nnc1-c1ccco1. The Kier molecular flexibility index (Phi) is 6.66. The lowest BCUT2D eigenvalue weighted by atomic mass is 10.1. The summed E-state index contributed by atoms with van der Waals surface area (Å²) < 4.78 is 7.12. The maximum absolute atomic E-state index is 12.7. The number of furan rings is 1. The fraction of sp³-hybridized carbons (Fsp3) is 0.130. The fourth-order valence-corrected chi connectivity index (χ4v) is 3.75. The van der Waals surface area contributed by atoms with Gasteiger partial charge in [0, 0.05) is 13.6 Å². The van der Waals surface area contributed by atoms with Gasteiger partial charge in [-0.2, -0.15) is 0 Å². The normalized spacial score (nSPS) is 10.7. The molecular weight excluding hydrogens is 426 g/mol. The second kappa shape index (κ2) is 9.97. The Morgan fingerprint density at radius 2 is 1.78 bits per heavy atom. The zero-order valence-electron chi connectivity index (χ0n) is 17.3. The van der Waals surface area contributed by atoms with Crippen LogP contribution in [0.15, 0.2) is 82.6 Å². The summed E-state index contributed by atoms with van der Waals surface area (Å²) >= 11 is 1.25. The van der Waals surface area contributed by atoms with E-state index in [1.807, 2.05) is 37.4 Å². The van der Waals surface area contributed by atoms with Crippen LogP contribution < -0.4 is 10.6 Å². The van der Waals surface area contributed by atoms with Gasteiger partial charge in [0.15, 0.2) is 16.7 Å². The van der Waals surface area contributed by atoms with Crippen molar-refractivity contribution in [3.05, 3.63) is 84.1 Å². The van der Waals surface area contributed by atoms with Gasteiger partial charge in [-0.05, 0) is 29.8 Å². The van der Waals surface area contributed by atoms with Gasteiger partial charge < -0.3 is 19.6 Å². The zero-order chi connectivity index (χ0) is 22.3. The minimum Gasteiger partial charge on any atom is -0.461 e. The number of nitrogens with zero attached hydrogens (tertiary/aromatic N) is 3. The number of aromatic nitrogens is 3. The third kappa shape index (κ3) is 5.06. The van der Waals surface area contributed by atoms with Crippen LogP contribution in [0, 0.1) is 0 Å². The number of anilines is 1. The molecule has 4 rings (SSSR count). The largest absolute Gasteiger partial charge is 0.461 e. The Hall–Kier alpha value is -3.85. The Bertz CT molecular complexity index is 1210. The molecule has 4 aromatic rings. The Labute approximate surface area is 189 Å². The van der Waals surface area contributed by atoms with Gasteiger partial charge in [0.05, 0.1) is 23.3 Å². The molecule has 9 heteroatoms. The van der Waals surface area contributed by atoms with Crippen LogP contribution in [0.25, 0.3) is 11.6 Å². The quantitative estimate of drug-likeness (QED) is 0.399. The minimum atomic E-state index is -0.256. The van der Waals surface area contributed by atoms with Gasteiger partial charge in [-0.25, -0.2) is 0 Å². The van der Waals surface area contributed by atoms with E-state index in [2.05, 4.69) is 20.8 Å². The van der Waals surface area contributed by atoms with Crippen molar-refractivity contribution < 1.29 is 14.0 Å². The molecule has 2 N–H and O–H groups in total. The second-order valence-corrected chi connectivity index (χ2v) is 7.84. The third-order valence-corrected chi connectivity index (χ3v) is 5.67. The molecule has 0 bridgehead atoms. The van der Waals surface area contributed by atoms with E-state index < -0.39 is 0 Å². The van der Waals surface area contributed by atoms with Crippen LogP contribution in [-0.2, 0) is 18.4 Å². The molecule has 0 spiro atoms. The van der Waals surface area contributed by atoms with Crippen molar-refractivity contribution in [2.24, 2.45) is 7.05 Å². The lowest BCUT2D eigenvalue weighted by Gasteiger charge is -2.11. The average molecular weight is 448 g/mol. The lowest BCUT2D eigenvalue weighted by molar-refractivity contribution is -0.113. The van der Waals surface area contributed by atoms with Crippen LogP contribution in [0.1, 0.15) is 15.9 Å². The van der Waals surface area contributed by atoms with E-state index in [-0.39, 0.29) is 17.6 Å². The first-order chi connectivity index (χ1) is 15.6. The summed E-state index contributed by atoms with van der Waals surface area (Å²) in [6.07, 6.45) is 1.57. The Morgan fingerprint density at radius 3 is 2.56 bits per heavy atom. The van der Waals surface area contributed by atoms with Gasteiger partial charge in [-0.1, -0.05) is 54.2 Å². The fourth-order valence-electron chi connectivity index (χ4n) is 3.04. The summed E-state index contributed by atoms with van der Waals surface area (Å²) in [7, 11) is 1.81. The molecule has 8 nitrogen and oxygen atoms in total. The number of hydrogen-bond acceptors (Lipinski definition) is 6. The average Bonchev–Trinajstić information content (AvgIpc) is 3.47. The first-order valence-electron chi connectivity index (χ1n) is 9.89. The van der Waals surface area contributed by atoms with Gasteiger partial charge in [0.25, 0.3) is 5.91 Å². The molecule has 0 fully saturated rings. The highest BCUT2D eigenvalue weighted by Gasteiger charge is 2.16. The minimum absolute atomic E-state index is 0.115. The number of thioether (sulfide) groups is 1. The van der Waals surface area contributed by atoms with Gasteiger partial charge in [-0.15, -0.1) is 10.2 Å². The van der Waals surface area contributed by atoms with Crippen LogP contribution in [0.3, 0.4) is 0 Å². The molecular formula is C23H21N5O3S. The van der Waals surface area contributed by atoms with E-state index in [1.54, 1.807) is 47.2 Å². The lowest BCUT2D eigenvalue weighted by Crippen LogP contribution is -2.25. The van der Waals surface area contributed by atoms with Crippen LogP contribution in [-0.4, -0.2) is 32.3 Å². The number of benzene rings is 2. The number of nitrogens with one attached hydrogen (secondary N) is 2. The number of amides is 2. The third-order valence-electron chi connectivity index (χ3n) is 4.65. The van der Waals surface area contributed by atoms with Crippen molar-refractivity contribution in [3.63, 3.8) is 0 Å². The summed E-state index contributed by atoms with van der Waals surface area (Å²) in [6, 6.07) is 20.1. The maximum atomic E-state index is 12.7. The highest BCUT2D eigenvalue weighted by Crippen LogP contribution is 2.23. The molecule has 2 aromatic carbocycles. The Morgan fingerprint density at radius 1 is 1.00 bits per heavy atom. The monoisotopic (exact) mass is 447 g/mol. The molecule has 0 saturated heterocycles. The van der Waals surface area contributed by atoms with Crippen molar-refractivity contribution >= 4 is 29.3 Å². The van der Waals surface area contributed by atoms with E-state index >= 15 is 0 Å². The number of para-hydroxylation sites is 1. The van der Waals surface area contributed by atoms with Crippen molar-refractivity contribution in [2.45, 2.75) is 11.7 Å². The smallest absolute Gasteiger partial charge is 0.253 e. The van der Waals surface area contributed by atoms with Crippen molar-refractivity contribution in [1.29, 1.82) is 0 Å². The summed E-state index contributed by atoms with van der Waals surface area (Å²) in [5, 5.41) is 14.5. The molecule has 0 aliphatic rings. The number of carbonyl (C=O) groups excluding carboxylic acids is 2. The highest BCUT2D eigenvalue weighted by atomic mass is 32.2. The van der Waals surface area contributed by atoms with Crippen LogP contribution >= 0.6 is 11.8 Å². The molecule has 32 heavy (non-hydrogen) atoms. The number of carbonyl (C=O) groups is 2. The first-order valence-corrected chi connectivity index (χ1v) is 10.9. The maximum Gasteiger partial charge on any atom is 0.253 e. The zero-order valence-corrected chi connectivity index (χ0v) is 18.1. The van der Waals surface area contributed by atoms with Gasteiger partial charge in [0.2, 0.25) is 5.91 Å². The van der Waals surface area contributed by atoms with Crippen molar-refractivity contribution in [2.75, 3.05) is 11.1 Å². The number of rotatable bonds is 8.